The zero-order valence-corrected chi connectivity index (χ0v) is 8.56. The van der Waals surface area contributed by atoms with Gasteiger partial charge in [-0.2, -0.15) is 15.4 Å². The van der Waals surface area contributed by atoms with Crippen molar-refractivity contribution in [3.05, 3.63) is 24.0 Å². The molecular weight excluding hydrogens is 215 g/mol. The lowest BCUT2D eigenvalue weighted by atomic mass is 10.1. The summed E-state index contributed by atoms with van der Waals surface area (Å²) < 4.78 is 12.3. The summed E-state index contributed by atoms with van der Waals surface area (Å²) in [7, 11) is 0. The van der Waals surface area contributed by atoms with Gasteiger partial charge in [0.15, 0.2) is 0 Å². The van der Waals surface area contributed by atoms with Crippen LogP contribution in [0.4, 0.5) is 4.39 Å². The number of H-pyrrole nitrogens is 1. The van der Waals surface area contributed by atoms with E-state index in [4.69, 9.17) is 5.11 Å². The second-order valence-electron chi connectivity index (χ2n) is 3.07. The molecule has 0 aliphatic rings. The van der Waals surface area contributed by atoms with Crippen molar-refractivity contribution in [1.82, 2.24) is 20.7 Å². The van der Waals surface area contributed by atoms with Crippen molar-refractivity contribution in [2.24, 2.45) is 0 Å². The Labute approximate surface area is 91.6 Å². The van der Waals surface area contributed by atoms with Gasteiger partial charge in [-0.3, -0.25) is 4.39 Å². The number of alkyl halides is 1. The Bertz CT molecular complexity index is 339. The van der Waals surface area contributed by atoms with E-state index >= 15 is 0 Å². The van der Waals surface area contributed by atoms with E-state index in [9.17, 15) is 9.18 Å². The van der Waals surface area contributed by atoms with Gasteiger partial charge in [0.05, 0.1) is 24.6 Å². The van der Waals surface area contributed by atoms with Crippen molar-refractivity contribution in [3.63, 3.8) is 0 Å². The molecule has 1 atom stereocenters. The maximum absolute atomic E-state index is 12.3. The number of carboxylic acids is 1. The fourth-order valence-corrected chi connectivity index (χ4v) is 1.21. The lowest BCUT2D eigenvalue weighted by Crippen LogP contribution is -2.22. The minimum absolute atomic E-state index is 0.262. The second kappa shape index (κ2) is 6.67. The van der Waals surface area contributed by atoms with Crippen molar-refractivity contribution < 1.29 is 14.3 Å². The van der Waals surface area contributed by atoms with Gasteiger partial charge in [0.25, 0.3) is 0 Å². The minimum Gasteiger partial charge on any atom is -0.478 e. The predicted molar refractivity (Wildman–Crippen MR) is 54.5 cm³/mol. The Balaban J connectivity index is 2.43. The van der Waals surface area contributed by atoms with Gasteiger partial charge in [-0.25, -0.2) is 4.79 Å². The molecule has 0 fully saturated rings. The van der Waals surface area contributed by atoms with E-state index in [1.165, 1.54) is 12.3 Å². The highest BCUT2D eigenvalue weighted by molar-refractivity contribution is 5.79. The maximum atomic E-state index is 12.3. The topological polar surface area (TPSA) is 90.9 Å². The molecule has 1 rings (SSSR count). The zero-order chi connectivity index (χ0) is 11.8. The summed E-state index contributed by atoms with van der Waals surface area (Å²) in [5.41, 5.74) is 0.612. The van der Waals surface area contributed by atoms with Gasteiger partial charge < -0.3 is 10.4 Å². The highest BCUT2D eigenvalue weighted by Gasteiger charge is 2.12. The van der Waals surface area contributed by atoms with E-state index < -0.39 is 12.6 Å². The minimum atomic E-state index is -1.01. The Morgan fingerprint density at radius 3 is 3.12 bits per heavy atom. The van der Waals surface area contributed by atoms with Gasteiger partial charge >= 0.3 is 5.97 Å². The number of hydrogen-bond donors (Lipinski definition) is 3. The molecule has 6 nitrogen and oxygen atoms in total. The molecule has 7 heteroatoms. The molecule has 0 radical (unpaired) electrons. The number of aromatic nitrogens is 3. The molecule has 0 spiro atoms. The van der Waals surface area contributed by atoms with Gasteiger partial charge in [0, 0.05) is 12.6 Å². The summed E-state index contributed by atoms with van der Waals surface area (Å²) in [4.78, 5) is 10.2. The van der Waals surface area contributed by atoms with Crippen molar-refractivity contribution in [3.8, 4) is 0 Å². The number of hydrogen-bond acceptors (Lipinski definition) is 4. The van der Waals surface area contributed by atoms with Crippen LogP contribution >= 0.6 is 0 Å². The van der Waals surface area contributed by atoms with Crippen LogP contribution in [0, 0.1) is 0 Å². The average molecular weight is 228 g/mol. The number of carbonyl (C=O) groups is 1. The summed E-state index contributed by atoms with van der Waals surface area (Å²) in [5, 5.41) is 21.2. The third-order valence-electron chi connectivity index (χ3n) is 1.93. The molecule has 0 bridgehead atoms. The van der Waals surface area contributed by atoms with Gasteiger partial charge in [-0.1, -0.05) is 6.08 Å². The lowest BCUT2D eigenvalue weighted by molar-refractivity contribution is -0.131. The quantitative estimate of drug-likeness (QED) is 0.589. The molecule has 1 aromatic heterocycles. The van der Waals surface area contributed by atoms with E-state index in [0.29, 0.717) is 12.2 Å². The van der Waals surface area contributed by atoms with Crippen molar-refractivity contribution in [2.75, 3.05) is 13.2 Å². The predicted octanol–water partition coefficient (Wildman–Crippen LogP) is 0.436. The molecule has 0 aliphatic carbocycles. The van der Waals surface area contributed by atoms with Crippen molar-refractivity contribution in [1.29, 1.82) is 0 Å². The highest BCUT2D eigenvalue weighted by Crippen LogP contribution is 2.12. The molecular formula is C9H13FN4O2. The molecule has 0 aromatic carbocycles. The molecule has 16 heavy (non-hydrogen) atoms. The summed E-state index contributed by atoms with van der Waals surface area (Å²) in [6.07, 6.45) is 4.26. The van der Waals surface area contributed by atoms with Gasteiger partial charge in [0.2, 0.25) is 0 Å². The number of aliphatic carboxylic acids is 1. The molecule has 0 saturated heterocycles. The van der Waals surface area contributed by atoms with Gasteiger partial charge in [0.1, 0.15) is 0 Å². The fraction of sp³-hybridized carbons (Fsp3) is 0.444. The van der Waals surface area contributed by atoms with E-state index in [2.05, 4.69) is 20.7 Å². The monoisotopic (exact) mass is 228 g/mol. The van der Waals surface area contributed by atoms with E-state index in [1.54, 1.807) is 0 Å². The number of nitrogens with one attached hydrogen (secondary N) is 2. The van der Waals surface area contributed by atoms with Gasteiger partial charge in [-0.15, -0.1) is 0 Å². The van der Waals surface area contributed by atoms with Crippen LogP contribution in [0.15, 0.2) is 18.3 Å². The molecule has 3 N–H and O–H groups in total. The second-order valence-corrected chi connectivity index (χ2v) is 3.07. The Hall–Kier alpha value is -1.76. The van der Waals surface area contributed by atoms with Crippen LogP contribution < -0.4 is 5.32 Å². The van der Waals surface area contributed by atoms with Crippen LogP contribution in [-0.4, -0.2) is 39.7 Å². The van der Waals surface area contributed by atoms with Gasteiger partial charge in [-0.05, 0) is 6.42 Å². The van der Waals surface area contributed by atoms with Crippen molar-refractivity contribution >= 4 is 5.97 Å². The third-order valence-corrected chi connectivity index (χ3v) is 1.93. The third kappa shape index (κ3) is 4.18. The zero-order valence-electron chi connectivity index (χ0n) is 8.56. The first-order valence-electron chi connectivity index (χ1n) is 4.78. The Kier molecular flexibility index (Phi) is 5.13. The first-order chi connectivity index (χ1) is 7.74. The van der Waals surface area contributed by atoms with Crippen LogP contribution in [0.25, 0.3) is 0 Å². The number of halogens is 1. The normalized spacial score (nSPS) is 13.1. The molecule has 1 heterocycles. The molecule has 1 aromatic rings. The average Bonchev–Trinajstić information content (AvgIpc) is 2.75. The summed E-state index contributed by atoms with van der Waals surface area (Å²) in [6.45, 7) is -0.142. The summed E-state index contributed by atoms with van der Waals surface area (Å²) >= 11 is 0. The lowest BCUT2D eigenvalue weighted by Gasteiger charge is -2.12. The SMILES string of the molecule is O=C(O)C=CCNC(CCF)c1cn[nH]n1. The van der Waals surface area contributed by atoms with Crippen LogP contribution in [0.5, 0.6) is 0 Å². The van der Waals surface area contributed by atoms with E-state index in [-0.39, 0.29) is 12.5 Å². The smallest absolute Gasteiger partial charge is 0.328 e. The maximum Gasteiger partial charge on any atom is 0.328 e. The standard InChI is InChI=1S/C9H13FN4O2/c10-4-3-7(8-6-12-14-13-8)11-5-1-2-9(15)16/h1-2,6-7,11H,3-5H2,(H,15,16)(H,12,13,14). The van der Waals surface area contributed by atoms with E-state index in [0.717, 1.165) is 6.08 Å². The number of aromatic amines is 1. The Morgan fingerprint density at radius 1 is 1.75 bits per heavy atom. The molecule has 0 aliphatic heterocycles. The molecule has 0 saturated carbocycles. The fourth-order valence-electron chi connectivity index (χ4n) is 1.21. The largest absolute Gasteiger partial charge is 0.478 e. The van der Waals surface area contributed by atoms with Crippen LogP contribution in [0.2, 0.25) is 0 Å². The number of rotatable bonds is 7. The first kappa shape index (κ1) is 12.3. The van der Waals surface area contributed by atoms with Crippen LogP contribution in [-0.2, 0) is 4.79 Å². The molecule has 0 amide bonds. The Morgan fingerprint density at radius 2 is 2.56 bits per heavy atom. The van der Waals surface area contributed by atoms with E-state index in [1.807, 2.05) is 0 Å². The van der Waals surface area contributed by atoms with Crippen LogP contribution in [0.3, 0.4) is 0 Å². The summed E-state index contributed by atoms with van der Waals surface area (Å²) in [6, 6.07) is -0.262. The first-order valence-corrected chi connectivity index (χ1v) is 4.78. The van der Waals surface area contributed by atoms with Crippen molar-refractivity contribution in [2.45, 2.75) is 12.5 Å². The van der Waals surface area contributed by atoms with Crippen LogP contribution in [0.1, 0.15) is 18.2 Å². The number of nitrogens with zero attached hydrogens (tertiary/aromatic N) is 2. The number of carboxylic acid groups (broad SMARTS) is 1. The molecule has 88 valence electrons. The summed E-state index contributed by atoms with van der Waals surface area (Å²) in [5.74, 6) is -1.01. The molecule has 1 unspecified atom stereocenters. The highest BCUT2D eigenvalue weighted by atomic mass is 19.1.